The fraction of sp³-hybridized carbons (Fsp3) is 0.105. The number of aromatic nitrogens is 2. The molecular formula is C19H17N5O. The average molecular weight is 331 g/mol. The molecule has 124 valence electrons. The Hall–Kier alpha value is -3.43. The van der Waals surface area contributed by atoms with E-state index in [9.17, 15) is 5.11 Å². The number of nitrogens with zero attached hydrogens (tertiary/aromatic N) is 3. The molecule has 0 saturated carbocycles. The molecule has 0 saturated heterocycles. The van der Waals surface area contributed by atoms with Crippen LogP contribution < -0.4 is 10.6 Å². The monoisotopic (exact) mass is 331 g/mol. The summed E-state index contributed by atoms with van der Waals surface area (Å²) in [6.07, 6.45) is 1.67. The molecule has 0 spiro atoms. The first kappa shape index (κ1) is 16.4. The van der Waals surface area contributed by atoms with Crippen LogP contribution in [0.3, 0.4) is 0 Å². The molecule has 0 aliphatic carbocycles. The second kappa shape index (κ2) is 7.43. The van der Waals surface area contributed by atoms with Crippen LogP contribution in [-0.4, -0.2) is 15.1 Å². The number of anilines is 4. The Labute approximate surface area is 145 Å². The SMILES string of the molecule is Cc1cc(CO)ccc1Nc1ccnc(Nc2ccc(C#N)cc2)n1. The van der Waals surface area contributed by atoms with Crippen LogP contribution in [0.2, 0.25) is 0 Å². The minimum atomic E-state index is 0.0211. The molecule has 0 aliphatic heterocycles. The molecule has 3 aromatic rings. The molecule has 1 heterocycles. The Kier molecular flexibility index (Phi) is 4.88. The van der Waals surface area contributed by atoms with Crippen molar-refractivity contribution in [2.75, 3.05) is 10.6 Å². The molecule has 0 aliphatic rings. The van der Waals surface area contributed by atoms with E-state index in [-0.39, 0.29) is 6.61 Å². The molecule has 1 aromatic heterocycles. The highest BCUT2D eigenvalue weighted by atomic mass is 16.3. The number of aliphatic hydroxyl groups is 1. The van der Waals surface area contributed by atoms with Crippen molar-refractivity contribution in [3.63, 3.8) is 0 Å². The van der Waals surface area contributed by atoms with Gasteiger partial charge in [-0.25, -0.2) is 4.98 Å². The number of aliphatic hydroxyl groups excluding tert-OH is 1. The molecule has 0 bridgehead atoms. The van der Waals surface area contributed by atoms with E-state index in [4.69, 9.17) is 5.26 Å². The summed E-state index contributed by atoms with van der Waals surface area (Å²) in [6, 6.07) is 16.7. The topological polar surface area (TPSA) is 93.9 Å². The number of benzene rings is 2. The third kappa shape index (κ3) is 4.10. The van der Waals surface area contributed by atoms with Gasteiger partial charge < -0.3 is 15.7 Å². The standard InChI is InChI=1S/C19H17N5O/c1-13-10-15(12-25)4-7-17(13)23-18-8-9-21-19(24-18)22-16-5-2-14(11-20)3-6-16/h2-10,25H,12H2,1H3,(H2,21,22,23,24). The summed E-state index contributed by atoms with van der Waals surface area (Å²) in [5.74, 6) is 1.12. The van der Waals surface area contributed by atoms with E-state index in [1.165, 1.54) is 0 Å². The predicted molar refractivity (Wildman–Crippen MR) is 96.9 cm³/mol. The Bertz CT molecular complexity index is 916. The van der Waals surface area contributed by atoms with E-state index in [0.29, 0.717) is 17.3 Å². The maximum atomic E-state index is 9.19. The van der Waals surface area contributed by atoms with Crippen molar-refractivity contribution in [1.82, 2.24) is 9.97 Å². The highest BCUT2D eigenvalue weighted by Gasteiger charge is 2.04. The van der Waals surface area contributed by atoms with Gasteiger partial charge in [0.05, 0.1) is 18.2 Å². The van der Waals surface area contributed by atoms with Crippen molar-refractivity contribution in [3.05, 3.63) is 71.4 Å². The van der Waals surface area contributed by atoms with Crippen LogP contribution in [0.4, 0.5) is 23.1 Å². The molecular weight excluding hydrogens is 314 g/mol. The van der Waals surface area contributed by atoms with Crippen LogP contribution >= 0.6 is 0 Å². The molecule has 0 fully saturated rings. The van der Waals surface area contributed by atoms with E-state index in [1.807, 2.05) is 25.1 Å². The van der Waals surface area contributed by atoms with E-state index in [1.54, 1.807) is 36.5 Å². The van der Waals surface area contributed by atoms with E-state index >= 15 is 0 Å². The molecule has 3 N–H and O–H groups in total. The van der Waals surface area contributed by atoms with Crippen LogP contribution in [0, 0.1) is 18.3 Å². The maximum Gasteiger partial charge on any atom is 0.229 e. The van der Waals surface area contributed by atoms with Crippen LogP contribution in [-0.2, 0) is 6.61 Å². The normalized spacial score (nSPS) is 10.1. The Morgan fingerprint density at radius 3 is 2.56 bits per heavy atom. The number of nitriles is 1. The molecule has 0 amide bonds. The summed E-state index contributed by atoms with van der Waals surface area (Å²) in [4.78, 5) is 8.65. The molecule has 0 unspecified atom stereocenters. The first-order valence-electron chi connectivity index (χ1n) is 7.75. The smallest absolute Gasteiger partial charge is 0.229 e. The zero-order valence-electron chi connectivity index (χ0n) is 13.7. The summed E-state index contributed by atoms with van der Waals surface area (Å²) in [5, 5.41) is 24.4. The lowest BCUT2D eigenvalue weighted by Gasteiger charge is -2.11. The molecule has 2 aromatic carbocycles. The highest BCUT2D eigenvalue weighted by molar-refractivity contribution is 5.62. The Balaban J connectivity index is 1.76. The Morgan fingerprint density at radius 1 is 1.08 bits per heavy atom. The zero-order chi connectivity index (χ0) is 17.6. The second-order valence-electron chi connectivity index (χ2n) is 5.51. The molecule has 6 heteroatoms. The third-order valence-corrected chi connectivity index (χ3v) is 3.66. The van der Waals surface area contributed by atoms with Crippen molar-refractivity contribution in [2.45, 2.75) is 13.5 Å². The summed E-state index contributed by atoms with van der Waals surface area (Å²) in [5.41, 5.74) is 4.21. The minimum Gasteiger partial charge on any atom is -0.392 e. The second-order valence-corrected chi connectivity index (χ2v) is 5.51. The minimum absolute atomic E-state index is 0.0211. The molecule has 0 atom stereocenters. The van der Waals surface area contributed by atoms with Crippen molar-refractivity contribution in [2.24, 2.45) is 0 Å². The lowest BCUT2D eigenvalue weighted by Crippen LogP contribution is -2.01. The number of hydrogen-bond donors (Lipinski definition) is 3. The summed E-state index contributed by atoms with van der Waals surface area (Å²) in [6.45, 7) is 1.99. The molecule has 0 radical (unpaired) electrons. The number of nitrogens with one attached hydrogen (secondary N) is 2. The summed E-state index contributed by atoms with van der Waals surface area (Å²) >= 11 is 0. The third-order valence-electron chi connectivity index (χ3n) is 3.66. The zero-order valence-corrected chi connectivity index (χ0v) is 13.7. The van der Waals surface area contributed by atoms with Gasteiger partial charge in [0, 0.05) is 17.6 Å². The van der Waals surface area contributed by atoms with E-state index < -0.39 is 0 Å². The van der Waals surface area contributed by atoms with Crippen molar-refractivity contribution in [1.29, 1.82) is 5.26 Å². The van der Waals surface area contributed by atoms with Gasteiger partial charge in [0.25, 0.3) is 0 Å². The quantitative estimate of drug-likeness (QED) is 0.661. The van der Waals surface area contributed by atoms with Gasteiger partial charge in [-0.15, -0.1) is 0 Å². The van der Waals surface area contributed by atoms with Gasteiger partial charge in [-0.05, 0) is 54.4 Å². The van der Waals surface area contributed by atoms with Gasteiger partial charge in [0.1, 0.15) is 5.82 Å². The first-order chi connectivity index (χ1) is 12.2. The largest absolute Gasteiger partial charge is 0.392 e. The van der Waals surface area contributed by atoms with Gasteiger partial charge >= 0.3 is 0 Å². The van der Waals surface area contributed by atoms with Gasteiger partial charge in [0.15, 0.2) is 0 Å². The van der Waals surface area contributed by atoms with E-state index in [2.05, 4.69) is 26.7 Å². The first-order valence-corrected chi connectivity index (χ1v) is 7.75. The molecule has 6 nitrogen and oxygen atoms in total. The van der Waals surface area contributed by atoms with Gasteiger partial charge in [0.2, 0.25) is 5.95 Å². The fourth-order valence-corrected chi connectivity index (χ4v) is 2.35. The van der Waals surface area contributed by atoms with Crippen LogP contribution in [0.1, 0.15) is 16.7 Å². The van der Waals surface area contributed by atoms with Gasteiger partial charge in [-0.3, -0.25) is 0 Å². The van der Waals surface area contributed by atoms with Crippen LogP contribution in [0.15, 0.2) is 54.7 Å². The predicted octanol–water partition coefficient (Wildman–Crippen LogP) is 3.64. The Morgan fingerprint density at radius 2 is 1.88 bits per heavy atom. The molecule has 25 heavy (non-hydrogen) atoms. The summed E-state index contributed by atoms with van der Waals surface area (Å²) < 4.78 is 0. The van der Waals surface area contributed by atoms with Crippen LogP contribution in [0.25, 0.3) is 0 Å². The lowest BCUT2D eigenvalue weighted by molar-refractivity contribution is 0.282. The number of aryl methyl sites for hydroxylation is 1. The molecule has 3 rings (SSSR count). The van der Waals surface area contributed by atoms with Crippen molar-refractivity contribution < 1.29 is 5.11 Å². The summed E-state index contributed by atoms with van der Waals surface area (Å²) in [7, 11) is 0. The van der Waals surface area contributed by atoms with Crippen molar-refractivity contribution >= 4 is 23.1 Å². The van der Waals surface area contributed by atoms with E-state index in [0.717, 1.165) is 22.5 Å². The lowest BCUT2D eigenvalue weighted by atomic mass is 10.1. The van der Waals surface area contributed by atoms with Gasteiger partial charge in [-0.2, -0.15) is 10.2 Å². The highest BCUT2D eigenvalue weighted by Crippen LogP contribution is 2.22. The fourth-order valence-electron chi connectivity index (χ4n) is 2.35. The average Bonchev–Trinajstić information content (AvgIpc) is 2.64. The van der Waals surface area contributed by atoms with Crippen molar-refractivity contribution in [3.8, 4) is 6.07 Å². The van der Waals surface area contributed by atoms with Gasteiger partial charge in [-0.1, -0.05) is 12.1 Å². The maximum absolute atomic E-state index is 9.19. The number of hydrogen-bond acceptors (Lipinski definition) is 6. The number of rotatable bonds is 5. The van der Waals surface area contributed by atoms with Crippen LogP contribution in [0.5, 0.6) is 0 Å².